The number of Topliss-reactive ketones (excluding diaryl/α,β-unsaturated/α-hetero) is 1. The van der Waals surface area contributed by atoms with Crippen LogP contribution in [0.25, 0.3) is 0 Å². The molecule has 0 aliphatic rings. The Kier molecular flexibility index (Phi) is 5.20. The Morgan fingerprint density at radius 3 is 2.58 bits per heavy atom. The third-order valence-electron chi connectivity index (χ3n) is 3.11. The van der Waals surface area contributed by atoms with E-state index in [1.807, 2.05) is 0 Å². The van der Waals surface area contributed by atoms with Crippen molar-refractivity contribution in [3.05, 3.63) is 47.9 Å². The van der Waals surface area contributed by atoms with Gasteiger partial charge in [0.1, 0.15) is 0 Å². The molecule has 1 aromatic heterocycles. The molecule has 2 aromatic rings. The maximum absolute atomic E-state index is 12.1. The molecule has 0 unspecified atom stereocenters. The molecular formula is C16H16N4O4. The van der Waals surface area contributed by atoms with Gasteiger partial charge in [0.15, 0.2) is 23.4 Å². The SMILES string of the molecule is CC(=O)c1cccc(NC(=O)[C@H](C)OC(=O)c2nccnc2N)c1. The molecule has 0 fully saturated rings. The van der Waals surface area contributed by atoms with E-state index in [1.54, 1.807) is 18.2 Å². The molecule has 1 atom stereocenters. The number of nitrogens with one attached hydrogen (secondary N) is 1. The molecule has 1 amide bonds. The molecule has 8 nitrogen and oxygen atoms in total. The Labute approximate surface area is 138 Å². The van der Waals surface area contributed by atoms with Gasteiger partial charge in [-0.15, -0.1) is 0 Å². The summed E-state index contributed by atoms with van der Waals surface area (Å²) in [4.78, 5) is 42.9. The van der Waals surface area contributed by atoms with E-state index < -0.39 is 18.0 Å². The second-order valence-electron chi connectivity index (χ2n) is 4.96. The minimum absolute atomic E-state index is 0.0794. The number of esters is 1. The van der Waals surface area contributed by atoms with Crippen LogP contribution in [0.2, 0.25) is 0 Å². The van der Waals surface area contributed by atoms with Gasteiger partial charge in [0.25, 0.3) is 5.91 Å². The van der Waals surface area contributed by atoms with Gasteiger partial charge in [-0.3, -0.25) is 9.59 Å². The lowest BCUT2D eigenvalue weighted by molar-refractivity contribution is -0.123. The fourth-order valence-corrected chi connectivity index (χ4v) is 1.84. The van der Waals surface area contributed by atoms with E-state index >= 15 is 0 Å². The van der Waals surface area contributed by atoms with Crippen molar-refractivity contribution in [1.29, 1.82) is 0 Å². The van der Waals surface area contributed by atoms with Crippen LogP contribution in [0, 0.1) is 0 Å². The second kappa shape index (κ2) is 7.32. The van der Waals surface area contributed by atoms with E-state index in [4.69, 9.17) is 10.5 Å². The Bertz CT molecular complexity index is 791. The standard InChI is InChI=1S/C16H16N4O4/c1-9(21)11-4-3-5-12(8-11)20-15(22)10(2)24-16(23)13-14(17)19-7-6-18-13/h3-8,10H,1-2H3,(H2,17,19)(H,20,22)/t10-/m0/s1. The number of amides is 1. The summed E-state index contributed by atoms with van der Waals surface area (Å²) in [6.45, 7) is 2.84. The number of hydrogen-bond donors (Lipinski definition) is 2. The normalized spacial score (nSPS) is 11.4. The van der Waals surface area contributed by atoms with E-state index in [2.05, 4.69) is 15.3 Å². The predicted molar refractivity (Wildman–Crippen MR) is 86.4 cm³/mol. The van der Waals surface area contributed by atoms with Gasteiger partial charge < -0.3 is 15.8 Å². The van der Waals surface area contributed by atoms with E-state index in [0.29, 0.717) is 11.3 Å². The number of hydrogen-bond acceptors (Lipinski definition) is 7. The molecule has 2 rings (SSSR count). The van der Waals surface area contributed by atoms with Crippen LogP contribution in [0.15, 0.2) is 36.7 Å². The lowest BCUT2D eigenvalue weighted by Gasteiger charge is -2.14. The zero-order chi connectivity index (χ0) is 17.7. The Balaban J connectivity index is 2.02. The summed E-state index contributed by atoms with van der Waals surface area (Å²) in [5.41, 5.74) is 6.27. The van der Waals surface area contributed by atoms with Gasteiger partial charge in [-0.1, -0.05) is 12.1 Å². The Hall–Kier alpha value is -3.29. The predicted octanol–water partition coefficient (Wildman–Crippen LogP) is 1.45. The van der Waals surface area contributed by atoms with E-state index in [0.717, 1.165) is 0 Å². The van der Waals surface area contributed by atoms with Gasteiger partial charge in [0.2, 0.25) is 0 Å². The zero-order valence-corrected chi connectivity index (χ0v) is 13.1. The number of anilines is 2. The molecular weight excluding hydrogens is 312 g/mol. The summed E-state index contributed by atoms with van der Waals surface area (Å²) < 4.78 is 5.03. The first-order valence-electron chi connectivity index (χ1n) is 7.08. The van der Waals surface area contributed by atoms with Crippen molar-refractivity contribution < 1.29 is 19.1 Å². The smallest absolute Gasteiger partial charge is 0.361 e. The fraction of sp³-hybridized carbons (Fsp3) is 0.188. The Morgan fingerprint density at radius 1 is 1.21 bits per heavy atom. The molecule has 8 heteroatoms. The largest absolute Gasteiger partial charge is 0.448 e. The number of ether oxygens (including phenoxy) is 1. The number of rotatable bonds is 5. The molecule has 3 N–H and O–H groups in total. The van der Waals surface area contributed by atoms with Gasteiger partial charge in [-0.05, 0) is 26.0 Å². The summed E-state index contributed by atoms with van der Waals surface area (Å²) in [5, 5.41) is 2.57. The van der Waals surface area contributed by atoms with E-state index in [-0.39, 0.29) is 17.3 Å². The highest BCUT2D eigenvalue weighted by atomic mass is 16.5. The number of nitrogens with zero attached hydrogens (tertiary/aromatic N) is 2. The summed E-state index contributed by atoms with van der Waals surface area (Å²) in [6, 6.07) is 6.44. The quantitative estimate of drug-likeness (QED) is 0.628. The first-order chi connectivity index (χ1) is 11.4. The Morgan fingerprint density at radius 2 is 1.92 bits per heavy atom. The van der Waals surface area contributed by atoms with Crippen LogP contribution in [0.5, 0.6) is 0 Å². The first kappa shape index (κ1) is 17.1. The van der Waals surface area contributed by atoms with E-state index in [1.165, 1.54) is 32.3 Å². The zero-order valence-electron chi connectivity index (χ0n) is 13.1. The van der Waals surface area contributed by atoms with Crippen molar-refractivity contribution in [2.75, 3.05) is 11.1 Å². The van der Waals surface area contributed by atoms with Crippen LogP contribution in [-0.2, 0) is 9.53 Å². The van der Waals surface area contributed by atoms with Crippen LogP contribution in [0.3, 0.4) is 0 Å². The number of aromatic nitrogens is 2. The summed E-state index contributed by atoms with van der Waals surface area (Å²) in [7, 11) is 0. The second-order valence-corrected chi connectivity index (χ2v) is 4.96. The molecule has 0 saturated heterocycles. The average Bonchev–Trinajstić information content (AvgIpc) is 2.55. The van der Waals surface area contributed by atoms with Gasteiger partial charge in [-0.25, -0.2) is 14.8 Å². The first-order valence-corrected chi connectivity index (χ1v) is 7.08. The number of ketones is 1. The van der Waals surface area contributed by atoms with Crippen molar-refractivity contribution in [1.82, 2.24) is 9.97 Å². The third kappa shape index (κ3) is 4.13. The summed E-state index contributed by atoms with van der Waals surface area (Å²) >= 11 is 0. The van der Waals surface area contributed by atoms with Crippen molar-refractivity contribution >= 4 is 29.2 Å². The van der Waals surface area contributed by atoms with Crippen LogP contribution in [0.1, 0.15) is 34.7 Å². The highest BCUT2D eigenvalue weighted by molar-refractivity contribution is 5.99. The lowest BCUT2D eigenvalue weighted by atomic mass is 10.1. The van der Waals surface area contributed by atoms with Crippen molar-refractivity contribution in [2.45, 2.75) is 20.0 Å². The van der Waals surface area contributed by atoms with Crippen molar-refractivity contribution in [2.24, 2.45) is 0 Å². The molecule has 0 spiro atoms. The van der Waals surface area contributed by atoms with Gasteiger partial charge in [0.05, 0.1) is 0 Å². The minimum Gasteiger partial charge on any atom is -0.448 e. The van der Waals surface area contributed by atoms with Crippen molar-refractivity contribution in [3.63, 3.8) is 0 Å². The molecule has 0 bridgehead atoms. The minimum atomic E-state index is -1.08. The number of benzene rings is 1. The molecule has 0 saturated carbocycles. The monoisotopic (exact) mass is 328 g/mol. The third-order valence-corrected chi connectivity index (χ3v) is 3.11. The molecule has 24 heavy (non-hydrogen) atoms. The topological polar surface area (TPSA) is 124 Å². The molecule has 124 valence electrons. The molecule has 1 heterocycles. The summed E-state index contributed by atoms with van der Waals surface area (Å²) in [5.74, 6) is -1.60. The molecule has 1 aromatic carbocycles. The number of carbonyl (C=O) groups is 3. The maximum atomic E-state index is 12.1. The number of nitrogens with two attached hydrogens (primary N) is 1. The molecule has 0 aliphatic carbocycles. The lowest BCUT2D eigenvalue weighted by Crippen LogP contribution is -2.30. The fourth-order valence-electron chi connectivity index (χ4n) is 1.84. The van der Waals surface area contributed by atoms with Crippen LogP contribution in [0.4, 0.5) is 11.5 Å². The highest BCUT2D eigenvalue weighted by Gasteiger charge is 2.22. The number of nitrogen functional groups attached to an aromatic ring is 1. The van der Waals surface area contributed by atoms with Crippen molar-refractivity contribution in [3.8, 4) is 0 Å². The van der Waals surface area contributed by atoms with Crippen LogP contribution in [-0.4, -0.2) is 33.7 Å². The molecule has 0 radical (unpaired) electrons. The molecule has 0 aliphatic heterocycles. The van der Waals surface area contributed by atoms with Gasteiger partial charge in [0, 0.05) is 23.6 Å². The van der Waals surface area contributed by atoms with Crippen LogP contribution < -0.4 is 11.1 Å². The van der Waals surface area contributed by atoms with Crippen LogP contribution >= 0.6 is 0 Å². The maximum Gasteiger partial charge on any atom is 0.361 e. The van der Waals surface area contributed by atoms with Gasteiger partial charge in [-0.2, -0.15) is 0 Å². The van der Waals surface area contributed by atoms with Gasteiger partial charge >= 0.3 is 5.97 Å². The average molecular weight is 328 g/mol. The highest BCUT2D eigenvalue weighted by Crippen LogP contribution is 2.13. The van der Waals surface area contributed by atoms with E-state index in [9.17, 15) is 14.4 Å². The number of carbonyl (C=O) groups excluding carboxylic acids is 3. The summed E-state index contributed by atoms with van der Waals surface area (Å²) in [6.07, 6.45) is 1.55.